The largest absolute Gasteiger partial charge is 0.382 e. The molecule has 0 radical (unpaired) electrons. The van der Waals surface area contributed by atoms with Crippen molar-refractivity contribution in [2.75, 3.05) is 5.32 Å². The van der Waals surface area contributed by atoms with E-state index in [1.165, 1.54) is 25.7 Å². The number of fused-ring (bicyclic) bond motifs is 1. The van der Waals surface area contributed by atoms with Crippen LogP contribution in [0.3, 0.4) is 0 Å². The first-order chi connectivity index (χ1) is 9.24. The third kappa shape index (κ3) is 2.69. The summed E-state index contributed by atoms with van der Waals surface area (Å²) in [6.45, 7) is 2.26. The molecule has 2 nitrogen and oxygen atoms in total. The first-order valence-corrected chi connectivity index (χ1v) is 7.41. The van der Waals surface area contributed by atoms with Crippen molar-refractivity contribution in [3.8, 4) is 0 Å². The van der Waals surface area contributed by atoms with Crippen LogP contribution in [0.1, 0.15) is 32.6 Å². The van der Waals surface area contributed by atoms with Gasteiger partial charge in [0.2, 0.25) is 0 Å². The van der Waals surface area contributed by atoms with Gasteiger partial charge in [-0.15, -0.1) is 0 Å². The lowest BCUT2D eigenvalue weighted by Gasteiger charge is -2.29. The maximum absolute atomic E-state index is 6.19. The van der Waals surface area contributed by atoms with Gasteiger partial charge in [0.15, 0.2) is 0 Å². The van der Waals surface area contributed by atoms with Crippen LogP contribution < -0.4 is 5.32 Å². The Hall–Kier alpha value is -1.28. The Bertz CT molecular complexity index is 578. The molecule has 1 saturated carbocycles. The summed E-state index contributed by atoms with van der Waals surface area (Å²) in [7, 11) is 0. The SMILES string of the molecule is CC(CC1CCC1)Nc1ccc(Cl)c2ncccc12. The third-order valence-electron chi connectivity index (χ3n) is 4.03. The molecule has 1 aromatic heterocycles. The fourth-order valence-electron chi connectivity index (χ4n) is 2.82. The van der Waals surface area contributed by atoms with E-state index in [4.69, 9.17) is 11.6 Å². The standard InChI is InChI=1S/C16H19ClN2/c1-11(10-12-4-2-5-12)19-15-8-7-14(17)16-13(15)6-3-9-18-16/h3,6-9,11-12,19H,2,4-5,10H2,1H3. The van der Waals surface area contributed by atoms with Crippen molar-refractivity contribution in [2.45, 2.75) is 38.6 Å². The normalized spacial score (nSPS) is 17.2. The average Bonchev–Trinajstić information content (AvgIpc) is 2.38. The van der Waals surface area contributed by atoms with Crippen molar-refractivity contribution < 1.29 is 0 Å². The van der Waals surface area contributed by atoms with E-state index in [2.05, 4.69) is 29.4 Å². The van der Waals surface area contributed by atoms with Crippen LogP contribution in [0.15, 0.2) is 30.5 Å². The van der Waals surface area contributed by atoms with Crippen LogP contribution in [0.5, 0.6) is 0 Å². The van der Waals surface area contributed by atoms with Crippen molar-refractivity contribution in [1.82, 2.24) is 4.98 Å². The van der Waals surface area contributed by atoms with Gasteiger partial charge in [0.05, 0.1) is 10.5 Å². The Morgan fingerprint density at radius 1 is 1.37 bits per heavy atom. The molecule has 3 rings (SSSR count). The summed E-state index contributed by atoms with van der Waals surface area (Å²) in [4.78, 5) is 4.37. The number of benzene rings is 1. The highest BCUT2D eigenvalue weighted by Crippen LogP contribution is 2.33. The van der Waals surface area contributed by atoms with Gasteiger partial charge in [0.25, 0.3) is 0 Å². The molecule has 19 heavy (non-hydrogen) atoms. The van der Waals surface area contributed by atoms with E-state index in [0.29, 0.717) is 11.1 Å². The summed E-state index contributed by atoms with van der Waals surface area (Å²) in [6, 6.07) is 8.52. The van der Waals surface area contributed by atoms with Crippen LogP contribution in [0.25, 0.3) is 10.9 Å². The van der Waals surface area contributed by atoms with Crippen LogP contribution in [-0.4, -0.2) is 11.0 Å². The van der Waals surface area contributed by atoms with Gasteiger partial charge in [0, 0.05) is 23.3 Å². The molecule has 3 heteroatoms. The van der Waals surface area contributed by atoms with Gasteiger partial charge in [-0.05, 0) is 43.5 Å². The van der Waals surface area contributed by atoms with Crippen molar-refractivity contribution in [1.29, 1.82) is 0 Å². The molecule has 1 unspecified atom stereocenters. The smallest absolute Gasteiger partial charge is 0.0908 e. The molecule has 100 valence electrons. The van der Waals surface area contributed by atoms with Crippen LogP contribution in [-0.2, 0) is 0 Å². The minimum Gasteiger partial charge on any atom is -0.382 e. The summed E-state index contributed by atoms with van der Waals surface area (Å²) < 4.78 is 0. The number of aromatic nitrogens is 1. The number of halogens is 1. The predicted octanol–water partition coefficient (Wildman–Crippen LogP) is 4.88. The lowest BCUT2D eigenvalue weighted by molar-refractivity contribution is 0.286. The Morgan fingerprint density at radius 2 is 2.21 bits per heavy atom. The lowest BCUT2D eigenvalue weighted by atomic mass is 9.81. The zero-order chi connectivity index (χ0) is 13.2. The number of hydrogen-bond acceptors (Lipinski definition) is 2. The van der Waals surface area contributed by atoms with Crippen LogP contribution in [0.2, 0.25) is 5.02 Å². The molecule has 0 saturated heterocycles. The number of nitrogens with zero attached hydrogens (tertiary/aromatic N) is 1. The fourth-order valence-corrected chi connectivity index (χ4v) is 3.03. The number of anilines is 1. The van der Waals surface area contributed by atoms with Gasteiger partial charge in [-0.1, -0.05) is 30.9 Å². The first-order valence-electron chi connectivity index (χ1n) is 7.04. The number of nitrogens with one attached hydrogen (secondary N) is 1. The highest BCUT2D eigenvalue weighted by molar-refractivity contribution is 6.35. The van der Waals surface area contributed by atoms with Crippen molar-refractivity contribution in [2.24, 2.45) is 5.92 Å². The lowest BCUT2D eigenvalue weighted by Crippen LogP contribution is -2.23. The van der Waals surface area contributed by atoms with Crippen molar-refractivity contribution >= 4 is 28.2 Å². The molecule has 1 heterocycles. The minimum absolute atomic E-state index is 0.495. The van der Waals surface area contributed by atoms with Gasteiger partial charge in [-0.3, -0.25) is 4.98 Å². The Morgan fingerprint density at radius 3 is 2.95 bits per heavy atom. The van der Waals surface area contributed by atoms with Gasteiger partial charge in [-0.2, -0.15) is 0 Å². The second kappa shape index (κ2) is 5.38. The van der Waals surface area contributed by atoms with Gasteiger partial charge in [0.1, 0.15) is 0 Å². The van der Waals surface area contributed by atoms with E-state index in [9.17, 15) is 0 Å². The third-order valence-corrected chi connectivity index (χ3v) is 4.34. The van der Waals surface area contributed by atoms with E-state index in [1.54, 1.807) is 6.20 Å². The van der Waals surface area contributed by atoms with E-state index < -0.39 is 0 Å². The van der Waals surface area contributed by atoms with Gasteiger partial charge >= 0.3 is 0 Å². The summed E-state index contributed by atoms with van der Waals surface area (Å²) in [6.07, 6.45) is 7.25. The van der Waals surface area contributed by atoms with Crippen LogP contribution in [0, 0.1) is 5.92 Å². The average molecular weight is 275 g/mol. The molecule has 1 N–H and O–H groups in total. The fraction of sp³-hybridized carbons (Fsp3) is 0.438. The summed E-state index contributed by atoms with van der Waals surface area (Å²) >= 11 is 6.19. The Kier molecular flexibility index (Phi) is 3.61. The Balaban J connectivity index is 1.82. The molecule has 0 amide bonds. The molecular formula is C16H19ClN2. The Labute approximate surface area is 119 Å². The van der Waals surface area contributed by atoms with Gasteiger partial charge in [-0.25, -0.2) is 0 Å². The molecule has 1 aliphatic carbocycles. The highest BCUT2D eigenvalue weighted by atomic mass is 35.5. The molecule has 0 spiro atoms. The number of rotatable bonds is 4. The summed E-state index contributed by atoms with van der Waals surface area (Å²) in [5, 5.41) is 5.44. The first kappa shape index (κ1) is 12.7. The minimum atomic E-state index is 0.495. The summed E-state index contributed by atoms with van der Waals surface area (Å²) in [5.41, 5.74) is 2.02. The van der Waals surface area contributed by atoms with Crippen LogP contribution >= 0.6 is 11.6 Å². The van der Waals surface area contributed by atoms with E-state index in [-0.39, 0.29) is 0 Å². The molecule has 1 atom stereocenters. The second-order valence-corrected chi connectivity index (χ2v) is 5.98. The topological polar surface area (TPSA) is 24.9 Å². The van der Waals surface area contributed by atoms with Crippen molar-refractivity contribution in [3.63, 3.8) is 0 Å². The van der Waals surface area contributed by atoms with E-state index >= 15 is 0 Å². The molecule has 1 aromatic carbocycles. The second-order valence-electron chi connectivity index (χ2n) is 5.57. The predicted molar refractivity (Wildman–Crippen MR) is 81.8 cm³/mol. The monoisotopic (exact) mass is 274 g/mol. The van der Waals surface area contributed by atoms with Crippen molar-refractivity contribution in [3.05, 3.63) is 35.5 Å². The van der Waals surface area contributed by atoms with Crippen LogP contribution in [0.4, 0.5) is 5.69 Å². The molecule has 1 aliphatic rings. The maximum atomic E-state index is 6.19. The highest BCUT2D eigenvalue weighted by Gasteiger charge is 2.20. The molecule has 0 bridgehead atoms. The number of hydrogen-bond donors (Lipinski definition) is 1. The zero-order valence-corrected chi connectivity index (χ0v) is 12.0. The number of pyridine rings is 1. The molecule has 2 aromatic rings. The molecule has 1 fully saturated rings. The quantitative estimate of drug-likeness (QED) is 0.860. The molecular weight excluding hydrogens is 256 g/mol. The van der Waals surface area contributed by atoms with E-state index in [1.807, 2.05) is 12.1 Å². The van der Waals surface area contributed by atoms with Gasteiger partial charge < -0.3 is 5.32 Å². The maximum Gasteiger partial charge on any atom is 0.0908 e. The van der Waals surface area contributed by atoms with E-state index in [0.717, 1.165) is 22.5 Å². The molecule has 0 aliphatic heterocycles. The zero-order valence-electron chi connectivity index (χ0n) is 11.2. The summed E-state index contributed by atoms with van der Waals surface area (Å²) in [5.74, 6) is 0.916.